The molecule has 6 heteroatoms. The van der Waals surface area contributed by atoms with Crippen molar-refractivity contribution in [3.63, 3.8) is 0 Å². The first-order chi connectivity index (χ1) is 15.0. The van der Waals surface area contributed by atoms with Gasteiger partial charge in [0.05, 0.1) is 9.77 Å². The van der Waals surface area contributed by atoms with E-state index in [9.17, 15) is 9.00 Å². The van der Waals surface area contributed by atoms with Crippen LogP contribution in [0.25, 0.3) is 21.6 Å². The van der Waals surface area contributed by atoms with E-state index in [-0.39, 0.29) is 5.78 Å². The van der Waals surface area contributed by atoms with Crippen LogP contribution in [0, 0.1) is 6.92 Å². The third-order valence-electron chi connectivity index (χ3n) is 5.72. The second-order valence-electron chi connectivity index (χ2n) is 7.81. The van der Waals surface area contributed by atoms with Crippen LogP contribution in [0.5, 0.6) is 0 Å². The second-order valence-corrected chi connectivity index (χ2v) is 10.8. The number of thiophene rings is 1. The number of hydrogen-bond acceptors (Lipinski definition) is 3. The molecule has 3 aromatic rings. The zero-order valence-corrected chi connectivity index (χ0v) is 20.2. The summed E-state index contributed by atoms with van der Waals surface area (Å²) < 4.78 is 15.0. The Hall–Kier alpha value is -1.79. The normalized spacial score (nSPS) is 15.7. The molecule has 1 aliphatic rings. The van der Waals surface area contributed by atoms with E-state index in [1.54, 1.807) is 11.3 Å². The Morgan fingerprint density at radius 2 is 1.61 bits per heavy atom. The van der Waals surface area contributed by atoms with Gasteiger partial charge in [0, 0.05) is 35.0 Å². The fraction of sp³-hybridized carbons (Fsp3) is 0.320. The molecule has 0 radical (unpaired) electrons. The Kier molecular flexibility index (Phi) is 7.07. The van der Waals surface area contributed by atoms with E-state index in [4.69, 9.17) is 11.6 Å². The molecule has 0 amide bonds. The summed E-state index contributed by atoms with van der Waals surface area (Å²) in [4.78, 5) is 15.5. The van der Waals surface area contributed by atoms with Crippen LogP contribution in [-0.2, 0) is 11.0 Å². The van der Waals surface area contributed by atoms with E-state index in [0.29, 0.717) is 11.4 Å². The van der Waals surface area contributed by atoms with Crippen molar-refractivity contribution in [2.24, 2.45) is 0 Å². The monoisotopic (exact) mass is 471 g/mol. The van der Waals surface area contributed by atoms with Gasteiger partial charge in [-0.2, -0.15) is 0 Å². The smallest absolute Gasteiger partial charge is 0.173 e. The molecule has 2 aromatic carbocycles. The van der Waals surface area contributed by atoms with Crippen molar-refractivity contribution >= 4 is 39.7 Å². The summed E-state index contributed by atoms with van der Waals surface area (Å²) in [5, 5.41) is 0.695. The second kappa shape index (κ2) is 9.78. The van der Waals surface area contributed by atoms with Crippen LogP contribution in [0.3, 0.4) is 0 Å². The lowest BCUT2D eigenvalue weighted by atomic mass is 9.97. The largest absolute Gasteiger partial charge is 0.293 e. The summed E-state index contributed by atoms with van der Waals surface area (Å²) in [6, 6.07) is 15.6. The van der Waals surface area contributed by atoms with Crippen molar-refractivity contribution in [1.82, 2.24) is 4.31 Å². The molecular weight excluding hydrogens is 446 g/mol. The quantitative estimate of drug-likeness (QED) is 0.358. The highest BCUT2D eigenvalue weighted by molar-refractivity contribution is 7.82. The molecule has 1 saturated heterocycles. The number of benzene rings is 2. The van der Waals surface area contributed by atoms with Crippen LogP contribution in [0.2, 0.25) is 5.02 Å². The lowest BCUT2D eigenvalue weighted by Crippen LogP contribution is -2.31. The predicted molar refractivity (Wildman–Crippen MR) is 131 cm³/mol. The predicted octanol–water partition coefficient (Wildman–Crippen LogP) is 7.15. The SMILES string of the molecule is CCC(=O)c1sc(-c2ccc(Cl)cc2)c(C)c1-c1ccc(S(=O)N2CCCCC2)cc1. The Bertz CT molecular complexity index is 1100. The van der Waals surface area contributed by atoms with E-state index in [2.05, 4.69) is 11.2 Å². The Morgan fingerprint density at radius 1 is 1.00 bits per heavy atom. The van der Waals surface area contributed by atoms with E-state index in [1.807, 2.05) is 55.5 Å². The lowest BCUT2D eigenvalue weighted by molar-refractivity contribution is 0.0992. The molecule has 1 unspecified atom stereocenters. The molecule has 0 N–H and O–H groups in total. The van der Waals surface area contributed by atoms with Gasteiger partial charge in [-0.3, -0.25) is 4.79 Å². The molecular formula is C25H26ClNO2S2. The van der Waals surface area contributed by atoms with Gasteiger partial charge in [-0.05, 0) is 60.7 Å². The van der Waals surface area contributed by atoms with Crippen LogP contribution < -0.4 is 0 Å². The average Bonchev–Trinajstić information content (AvgIpc) is 3.16. The summed E-state index contributed by atoms with van der Waals surface area (Å²) >= 11 is 7.61. The molecule has 0 saturated carbocycles. The van der Waals surface area contributed by atoms with Gasteiger partial charge in [0.2, 0.25) is 0 Å². The highest BCUT2D eigenvalue weighted by Crippen LogP contribution is 2.42. The Morgan fingerprint density at radius 3 is 2.23 bits per heavy atom. The Labute approximate surface area is 195 Å². The van der Waals surface area contributed by atoms with Crippen molar-refractivity contribution in [1.29, 1.82) is 0 Å². The number of Topliss-reactive ketones (excluding diaryl/α,β-unsaturated/α-hetero) is 1. The molecule has 31 heavy (non-hydrogen) atoms. The van der Waals surface area contributed by atoms with Crippen molar-refractivity contribution in [3.05, 3.63) is 64.0 Å². The Balaban J connectivity index is 1.71. The van der Waals surface area contributed by atoms with E-state index < -0.39 is 11.0 Å². The van der Waals surface area contributed by atoms with E-state index in [1.165, 1.54) is 6.42 Å². The molecule has 0 aliphatic carbocycles. The van der Waals surface area contributed by atoms with Gasteiger partial charge in [0.15, 0.2) is 5.78 Å². The van der Waals surface area contributed by atoms with Crippen molar-refractivity contribution < 1.29 is 9.00 Å². The third kappa shape index (κ3) is 4.70. The van der Waals surface area contributed by atoms with E-state index >= 15 is 0 Å². The van der Waals surface area contributed by atoms with Crippen LogP contribution >= 0.6 is 22.9 Å². The van der Waals surface area contributed by atoms with E-state index in [0.717, 1.165) is 62.8 Å². The standard InChI is InChI=1S/C25H26ClNO2S2/c1-3-22(28)25-23(17(2)24(30-25)19-7-11-20(26)12-8-19)18-9-13-21(14-10-18)31(29)27-15-5-4-6-16-27/h7-14H,3-6,15-16H2,1-2H3. The number of piperidine rings is 1. The van der Waals surface area contributed by atoms with Crippen molar-refractivity contribution in [2.75, 3.05) is 13.1 Å². The number of carbonyl (C=O) groups is 1. The van der Waals surface area contributed by atoms with Crippen LogP contribution in [-0.4, -0.2) is 27.4 Å². The minimum absolute atomic E-state index is 0.143. The van der Waals surface area contributed by atoms with Crippen LogP contribution in [0.15, 0.2) is 53.4 Å². The minimum atomic E-state index is -1.13. The number of halogens is 1. The molecule has 3 nitrogen and oxygen atoms in total. The van der Waals surface area contributed by atoms with Gasteiger partial charge >= 0.3 is 0 Å². The van der Waals surface area contributed by atoms with Crippen LogP contribution in [0.4, 0.5) is 0 Å². The molecule has 1 fully saturated rings. The first-order valence-electron chi connectivity index (χ1n) is 10.7. The first kappa shape index (κ1) is 22.4. The third-order valence-corrected chi connectivity index (χ3v) is 8.87. The molecule has 1 atom stereocenters. The summed E-state index contributed by atoms with van der Waals surface area (Å²) in [7, 11) is -1.13. The summed E-state index contributed by atoms with van der Waals surface area (Å²) in [5.74, 6) is 0.143. The van der Waals surface area contributed by atoms with Gasteiger partial charge < -0.3 is 0 Å². The van der Waals surface area contributed by atoms with Gasteiger partial charge in [0.1, 0.15) is 11.0 Å². The molecule has 1 aliphatic heterocycles. The van der Waals surface area contributed by atoms with Gasteiger partial charge in [-0.25, -0.2) is 8.51 Å². The summed E-state index contributed by atoms with van der Waals surface area (Å²) in [5.41, 5.74) is 4.13. The number of hydrogen-bond donors (Lipinski definition) is 0. The minimum Gasteiger partial charge on any atom is -0.293 e. The van der Waals surface area contributed by atoms with Gasteiger partial charge in [0.25, 0.3) is 0 Å². The molecule has 0 spiro atoms. The molecule has 162 valence electrons. The van der Waals surface area contributed by atoms with Crippen molar-refractivity contribution in [3.8, 4) is 21.6 Å². The highest BCUT2D eigenvalue weighted by Gasteiger charge is 2.23. The number of rotatable bonds is 6. The van der Waals surface area contributed by atoms with Gasteiger partial charge in [-0.1, -0.05) is 49.2 Å². The molecule has 1 aromatic heterocycles. The average molecular weight is 472 g/mol. The molecule has 4 rings (SSSR count). The number of ketones is 1. The highest BCUT2D eigenvalue weighted by atomic mass is 35.5. The van der Waals surface area contributed by atoms with Crippen LogP contribution in [0.1, 0.15) is 47.8 Å². The summed E-state index contributed by atoms with van der Waals surface area (Å²) in [6.45, 7) is 5.74. The maximum Gasteiger partial charge on any atom is 0.173 e. The fourth-order valence-corrected chi connectivity index (χ4v) is 6.74. The first-order valence-corrected chi connectivity index (χ1v) is 13.0. The zero-order valence-electron chi connectivity index (χ0n) is 17.8. The zero-order chi connectivity index (χ0) is 22.0. The molecule has 2 heterocycles. The van der Waals surface area contributed by atoms with Crippen molar-refractivity contribution in [2.45, 2.75) is 44.4 Å². The van der Waals surface area contributed by atoms with Gasteiger partial charge in [-0.15, -0.1) is 11.3 Å². The maximum atomic E-state index is 12.9. The number of nitrogens with zero attached hydrogens (tertiary/aromatic N) is 1. The topological polar surface area (TPSA) is 37.4 Å². The fourth-order valence-electron chi connectivity index (χ4n) is 4.01. The lowest BCUT2D eigenvalue weighted by Gasteiger charge is -2.25. The number of carbonyl (C=O) groups excluding carboxylic acids is 1. The molecule has 0 bridgehead atoms. The maximum absolute atomic E-state index is 12.9. The summed E-state index contributed by atoms with van der Waals surface area (Å²) in [6.07, 6.45) is 3.89.